The quantitative estimate of drug-likeness (QED) is 0.456. The minimum Gasteiger partial charge on any atom is -0.490 e. The van der Waals surface area contributed by atoms with Gasteiger partial charge in [0.1, 0.15) is 6.61 Å². The number of nitrogens with one attached hydrogen (secondary N) is 1. The van der Waals surface area contributed by atoms with E-state index in [9.17, 15) is 0 Å². The van der Waals surface area contributed by atoms with Gasteiger partial charge in [0.05, 0.1) is 6.61 Å². The summed E-state index contributed by atoms with van der Waals surface area (Å²) in [5.74, 6) is 1.50. The molecule has 0 saturated carbocycles. The Morgan fingerprint density at radius 3 is 2.30 bits per heavy atom. The summed E-state index contributed by atoms with van der Waals surface area (Å²) in [6.45, 7) is 5.86. The van der Waals surface area contributed by atoms with Crippen molar-refractivity contribution < 1.29 is 9.47 Å². The van der Waals surface area contributed by atoms with E-state index in [1.54, 1.807) is 0 Å². The van der Waals surface area contributed by atoms with Crippen molar-refractivity contribution in [3.63, 3.8) is 0 Å². The zero-order valence-corrected chi connectivity index (χ0v) is 17.3. The first-order chi connectivity index (χ1) is 13.2. The van der Waals surface area contributed by atoms with Crippen molar-refractivity contribution in [3.05, 3.63) is 87.9 Å². The molecule has 0 aliphatic carbocycles. The number of halogens is 1. The molecule has 0 spiro atoms. The van der Waals surface area contributed by atoms with E-state index in [4.69, 9.17) is 9.47 Å². The number of anilines is 1. The van der Waals surface area contributed by atoms with Crippen LogP contribution in [0.1, 0.15) is 23.6 Å². The number of rotatable bonds is 8. The number of aryl methyl sites for hydroxylation is 1. The van der Waals surface area contributed by atoms with E-state index in [0.29, 0.717) is 19.8 Å². The van der Waals surface area contributed by atoms with Gasteiger partial charge in [-0.2, -0.15) is 0 Å². The molecule has 0 unspecified atom stereocenters. The van der Waals surface area contributed by atoms with E-state index in [-0.39, 0.29) is 0 Å². The largest absolute Gasteiger partial charge is 0.490 e. The summed E-state index contributed by atoms with van der Waals surface area (Å²) in [6, 6.07) is 22.5. The lowest BCUT2D eigenvalue weighted by molar-refractivity contribution is 0.269. The van der Waals surface area contributed by atoms with Crippen LogP contribution in [0, 0.1) is 6.92 Å². The molecule has 0 bridgehead atoms. The fraction of sp³-hybridized carbons (Fsp3) is 0.217. The van der Waals surface area contributed by atoms with Gasteiger partial charge in [-0.1, -0.05) is 64.0 Å². The molecule has 0 fully saturated rings. The van der Waals surface area contributed by atoms with Gasteiger partial charge in [-0.05, 0) is 49.2 Å². The second-order valence-corrected chi connectivity index (χ2v) is 7.17. The molecule has 0 aliphatic heterocycles. The lowest BCUT2D eigenvalue weighted by Crippen LogP contribution is -2.04. The first-order valence-electron chi connectivity index (χ1n) is 9.08. The van der Waals surface area contributed by atoms with Crippen molar-refractivity contribution in [1.29, 1.82) is 0 Å². The van der Waals surface area contributed by atoms with Crippen LogP contribution in [0.4, 0.5) is 5.69 Å². The summed E-state index contributed by atoms with van der Waals surface area (Å²) in [5, 5.41) is 3.45. The molecule has 1 N–H and O–H groups in total. The molecule has 140 valence electrons. The second kappa shape index (κ2) is 9.47. The monoisotopic (exact) mass is 425 g/mol. The molecule has 0 heterocycles. The van der Waals surface area contributed by atoms with Gasteiger partial charge in [-0.25, -0.2) is 0 Å². The Morgan fingerprint density at radius 2 is 1.59 bits per heavy atom. The van der Waals surface area contributed by atoms with Gasteiger partial charge in [-0.3, -0.25) is 0 Å². The van der Waals surface area contributed by atoms with E-state index in [0.717, 1.165) is 32.8 Å². The zero-order chi connectivity index (χ0) is 19.1. The number of ether oxygens (including phenoxy) is 2. The molecule has 0 atom stereocenters. The van der Waals surface area contributed by atoms with Crippen LogP contribution in [0.15, 0.2) is 71.2 Å². The summed E-state index contributed by atoms with van der Waals surface area (Å²) in [7, 11) is 0. The molecular formula is C23H24BrNO2. The van der Waals surface area contributed by atoms with Crippen LogP contribution in [0.25, 0.3) is 0 Å². The van der Waals surface area contributed by atoms with Crippen LogP contribution in [0.2, 0.25) is 0 Å². The summed E-state index contributed by atoms with van der Waals surface area (Å²) >= 11 is 3.67. The SMILES string of the molecule is CCOc1cc(CNc2ccc(C)cc2)c(Br)cc1OCc1ccccc1. The van der Waals surface area contributed by atoms with Crippen molar-refractivity contribution in [3.8, 4) is 11.5 Å². The molecule has 4 heteroatoms. The van der Waals surface area contributed by atoms with Gasteiger partial charge in [0.2, 0.25) is 0 Å². The fourth-order valence-corrected chi connectivity index (χ4v) is 3.16. The molecule has 0 aromatic heterocycles. The van der Waals surface area contributed by atoms with Crippen LogP contribution >= 0.6 is 15.9 Å². The maximum atomic E-state index is 6.01. The fourth-order valence-electron chi connectivity index (χ4n) is 2.70. The Morgan fingerprint density at radius 1 is 0.889 bits per heavy atom. The molecule has 0 radical (unpaired) electrons. The Balaban J connectivity index is 1.73. The molecule has 3 aromatic carbocycles. The van der Waals surface area contributed by atoms with Gasteiger partial charge in [-0.15, -0.1) is 0 Å². The summed E-state index contributed by atoms with van der Waals surface area (Å²) in [5.41, 5.74) is 4.59. The summed E-state index contributed by atoms with van der Waals surface area (Å²) in [4.78, 5) is 0. The lowest BCUT2D eigenvalue weighted by Gasteiger charge is -2.16. The van der Waals surface area contributed by atoms with Crippen molar-refractivity contribution in [2.45, 2.75) is 27.0 Å². The van der Waals surface area contributed by atoms with E-state index < -0.39 is 0 Å². The van der Waals surface area contributed by atoms with Gasteiger partial charge in [0.15, 0.2) is 11.5 Å². The summed E-state index contributed by atoms with van der Waals surface area (Å²) in [6.07, 6.45) is 0. The Bertz CT molecular complexity index is 864. The minimum absolute atomic E-state index is 0.508. The first-order valence-corrected chi connectivity index (χ1v) is 9.87. The van der Waals surface area contributed by atoms with E-state index in [1.165, 1.54) is 5.56 Å². The average Bonchev–Trinajstić information content (AvgIpc) is 2.69. The highest BCUT2D eigenvalue weighted by Gasteiger charge is 2.11. The third-order valence-electron chi connectivity index (χ3n) is 4.18. The van der Waals surface area contributed by atoms with Gasteiger partial charge in [0.25, 0.3) is 0 Å². The van der Waals surface area contributed by atoms with Gasteiger partial charge in [0, 0.05) is 16.7 Å². The smallest absolute Gasteiger partial charge is 0.162 e. The van der Waals surface area contributed by atoms with Crippen LogP contribution < -0.4 is 14.8 Å². The van der Waals surface area contributed by atoms with Crippen molar-refractivity contribution in [2.24, 2.45) is 0 Å². The van der Waals surface area contributed by atoms with Gasteiger partial charge >= 0.3 is 0 Å². The third kappa shape index (κ3) is 5.51. The molecule has 3 rings (SSSR count). The first kappa shape index (κ1) is 19.3. The predicted octanol–water partition coefficient (Wildman–Crippen LogP) is 6.35. The Hall–Kier alpha value is -2.46. The molecular weight excluding hydrogens is 402 g/mol. The molecule has 0 aliphatic rings. The predicted molar refractivity (Wildman–Crippen MR) is 115 cm³/mol. The maximum Gasteiger partial charge on any atom is 0.162 e. The van der Waals surface area contributed by atoms with Crippen LogP contribution in [-0.4, -0.2) is 6.61 Å². The van der Waals surface area contributed by atoms with E-state index in [1.807, 2.05) is 37.3 Å². The summed E-state index contributed by atoms with van der Waals surface area (Å²) < 4.78 is 12.8. The van der Waals surface area contributed by atoms with E-state index >= 15 is 0 Å². The number of hydrogen-bond acceptors (Lipinski definition) is 3. The Labute approximate surface area is 169 Å². The highest BCUT2D eigenvalue weighted by molar-refractivity contribution is 9.10. The highest BCUT2D eigenvalue weighted by Crippen LogP contribution is 2.34. The zero-order valence-electron chi connectivity index (χ0n) is 15.7. The normalized spacial score (nSPS) is 10.5. The topological polar surface area (TPSA) is 30.5 Å². The average molecular weight is 426 g/mol. The maximum absolute atomic E-state index is 6.01. The number of hydrogen-bond donors (Lipinski definition) is 1. The third-order valence-corrected chi connectivity index (χ3v) is 4.92. The van der Waals surface area contributed by atoms with Crippen LogP contribution in [-0.2, 0) is 13.2 Å². The van der Waals surface area contributed by atoms with Gasteiger partial charge < -0.3 is 14.8 Å². The molecule has 3 aromatic rings. The second-order valence-electron chi connectivity index (χ2n) is 6.32. The number of benzene rings is 3. The molecule has 0 amide bonds. The lowest BCUT2D eigenvalue weighted by atomic mass is 10.1. The van der Waals surface area contributed by atoms with Crippen LogP contribution in [0.5, 0.6) is 11.5 Å². The molecule has 27 heavy (non-hydrogen) atoms. The standard InChI is InChI=1S/C23H24BrNO2/c1-3-26-22-13-19(15-25-20-11-9-17(2)10-12-20)21(24)14-23(22)27-16-18-7-5-4-6-8-18/h4-14,25H,3,15-16H2,1-2H3. The van der Waals surface area contributed by atoms with Crippen molar-refractivity contribution >= 4 is 21.6 Å². The van der Waals surface area contributed by atoms with Crippen LogP contribution in [0.3, 0.4) is 0 Å². The van der Waals surface area contributed by atoms with Crippen molar-refractivity contribution in [2.75, 3.05) is 11.9 Å². The Kier molecular flexibility index (Phi) is 6.77. The van der Waals surface area contributed by atoms with E-state index in [2.05, 4.69) is 64.6 Å². The minimum atomic E-state index is 0.508. The molecule has 3 nitrogen and oxygen atoms in total. The highest BCUT2D eigenvalue weighted by atomic mass is 79.9. The van der Waals surface area contributed by atoms with Crippen molar-refractivity contribution in [1.82, 2.24) is 0 Å². The molecule has 0 saturated heterocycles.